The molecule has 11 heteroatoms. The van der Waals surface area contributed by atoms with E-state index >= 15 is 0 Å². The van der Waals surface area contributed by atoms with E-state index in [1.54, 1.807) is 0 Å². The first kappa shape index (κ1) is 18.5. The van der Waals surface area contributed by atoms with E-state index in [4.69, 9.17) is 5.11 Å². The Morgan fingerprint density at radius 1 is 1.14 bits per heavy atom. The number of aromatic hydroxyl groups is 1. The smallest absolute Gasteiger partial charge is 0.335 e. The van der Waals surface area contributed by atoms with E-state index in [2.05, 4.69) is 5.32 Å². The van der Waals surface area contributed by atoms with Crippen molar-refractivity contribution < 1.29 is 34.3 Å². The minimum absolute atomic E-state index is 0.127. The monoisotopic (exact) mass is 385 g/mol. The largest absolute Gasteiger partial charge is 0.506 e. The second-order valence-corrected chi connectivity index (χ2v) is 5.74. The van der Waals surface area contributed by atoms with Crippen molar-refractivity contribution in [1.29, 1.82) is 0 Å². The predicted molar refractivity (Wildman–Crippen MR) is 92.2 cm³/mol. The molecule has 0 bridgehead atoms. The van der Waals surface area contributed by atoms with Gasteiger partial charge < -0.3 is 15.5 Å². The lowest BCUT2D eigenvalue weighted by Gasteiger charge is -2.14. The molecule has 28 heavy (non-hydrogen) atoms. The first-order valence-corrected chi connectivity index (χ1v) is 7.70. The quantitative estimate of drug-likeness (QED) is 0.299. The SMILES string of the molecule is O=C(CN1C(=O)c2cccc([N+](=O)[O-])c2C1=O)Nc1ccc(C(=O)O)cc1O. The number of carboxylic acid groups (broad SMARTS) is 1. The number of hydrogen-bond acceptors (Lipinski definition) is 7. The van der Waals surface area contributed by atoms with Crippen LogP contribution in [0.2, 0.25) is 0 Å². The molecule has 0 saturated carbocycles. The summed E-state index contributed by atoms with van der Waals surface area (Å²) in [5.74, 6) is -4.50. The summed E-state index contributed by atoms with van der Waals surface area (Å²) in [6, 6.07) is 6.79. The molecule has 142 valence electrons. The fourth-order valence-electron chi connectivity index (χ4n) is 2.72. The Morgan fingerprint density at radius 3 is 2.46 bits per heavy atom. The molecule has 0 atom stereocenters. The molecule has 0 fully saturated rings. The lowest BCUT2D eigenvalue weighted by molar-refractivity contribution is -0.385. The fourth-order valence-corrected chi connectivity index (χ4v) is 2.72. The van der Waals surface area contributed by atoms with Gasteiger partial charge in [0.05, 0.1) is 21.7 Å². The third-order valence-electron chi connectivity index (χ3n) is 3.99. The number of nitro benzene ring substituents is 1. The summed E-state index contributed by atoms with van der Waals surface area (Å²) < 4.78 is 0. The van der Waals surface area contributed by atoms with Crippen molar-refractivity contribution in [3.8, 4) is 5.75 Å². The summed E-state index contributed by atoms with van der Waals surface area (Å²) in [4.78, 5) is 58.6. The summed E-state index contributed by atoms with van der Waals surface area (Å²) >= 11 is 0. The zero-order valence-corrected chi connectivity index (χ0v) is 13.9. The number of imide groups is 1. The number of nitrogens with one attached hydrogen (secondary N) is 1. The van der Waals surface area contributed by atoms with Crippen molar-refractivity contribution in [2.24, 2.45) is 0 Å². The number of benzene rings is 2. The van der Waals surface area contributed by atoms with E-state index < -0.39 is 46.6 Å². The molecular weight excluding hydrogens is 374 g/mol. The van der Waals surface area contributed by atoms with Crippen LogP contribution in [0.3, 0.4) is 0 Å². The first-order valence-electron chi connectivity index (χ1n) is 7.70. The number of anilines is 1. The number of hydrogen-bond donors (Lipinski definition) is 3. The van der Waals surface area contributed by atoms with Gasteiger partial charge in [0.15, 0.2) is 0 Å². The van der Waals surface area contributed by atoms with Crippen molar-refractivity contribution in [1.82, 2.24) is 4.90 Å². The van der Waals surface area contributed by atoms with Gasteiger partial charge in [0, 0.05) is 6.07 Å². The average Bonchev–Trinajstić information content (AvgIpc) is 2.88. The van der Waals surface area contributed by atoms with Crippen molar-refractivity contribution in [2.45, 2.75) is 0 Å². The summed E-state index contributed by atoms with van der Waals surface area (Å²) in [6.45, 7) is -0.746. The third-order valence-corrected chi connectivity index (χ3v) is 3.99. The zero-order chi connectivity index (χ0) is 20.6. The van der Waals surface area contributed by atoms with Gasteiger partial charge in [-0.25, -0.2) is 4.79 Å². The highest BCUT2D eigenvalue weighted by Gasteiger charge is 2.41. The van der Waals surface area contributed by atoms with E-state index in [0.29, 0.717) is 4.90 Å². The number of nitro groups is 1. The summed E-state index contributed by atoms with van der Waals surface area (Å²) in [5, 5.41) is 32.0. The normalized spacial score (nSPS) is 12.6. The van der Waals surface area contributed by atoms with Gasteiger partial charge in [-0.1, -0.05) is 6.07 Å². The maximum Gasteiger partial charge on any atom is 0.335 e. The number of phenols is 1. The van der Waals surface area contributed by atoms with Crippen LogP contribution in [-0.2, 0) is 4.79 Å². The highest BCUT2D eigenvalue weighted by molar-refractivity contribution is 6.24. The minimum atomic E-state index is -1.28. The van der Waals surface area contributed by atoms with Crippen LogP contribution < -0.4 is 5.32 Å². The molecule has 2 aromatic carbocycles. The molecule has 0 saturated heterocycles. The van der Waals surface area contributed by atoms with E-state index in [1.807, 2.05) is 0 Å². The van der Waals surface area contributed by atoms with Crippen LogP contribution >= 0.6 is 0 Å². The van der Waals surface area contributed by atoms with Crippen molar-refractivity contribution in [2.75, 3.05) is 11.9 Å². The zero-order valence-electron chi connectivity index (χ0n) is 13.9. The van der Waals surface area contributed by atoms with Crippen molar-refractivity contribution in [3.63, 3.8) is 0 Å². The van der Waals surface area contributed by atoms with Gasteiger partial charge in [-0.05, 0) is 24.3 Å². The fraction of sp³-hybridized carbons (Fsp3) is 0.0588. The third kappa shape index (κ3) is 3.11. The van der Waals surface area contributed by atoms with Crippen LogP contribution in [0.25, 0.3) is 0 Å². The second-order valence-electron chi connectivity index (χ2n) is 5.74. The molecule has 0 unspecified atom stereocenters. The second kappa shape index (κ2) is 6.79. The molecule has 0 aromatic heterocycles. The maximum absolute atomic E-state index is 12.4. The van der Waals surface area contributed by atoms with Crippen LogP contribution in [0.4, 0.5) is 11.4 Å². The first-order chi connectivity index (χ1) is 13.2. The minimum Gasteiger partial charge on any atom is -0.506 e. The molecule has 3 amide bonds. The molecule has 3 N–H and O–H groups in total. The van der Waals surface area contributed by atoms with E-state index in [9.17, 15) is 34.4 Å². The highest BCUT2D eigenvalue weighted by Crippen LogP contribution is 2.31. The van der Waals surface area contributed by atoms with E-state index in [0.717, 1.165) is 24.3 Å². The van der Waals surface area contributed by atoms with Crippen LogP contribution in [0.15, 0.2) is 36.4 Å². The topological polar surface area (TPSA) is 167 Å². The molecular formula is C17H11N3O8. The molecule has 0 radical (unpaired) electrons. The Balaban J connectivity index is 1.79. The molecule has 11 nitrogen and oxygen atoms in total. The van der Waals surface area contributed by atoms with E-state index in [-0.39, 0.29) is 22.4 Å². The summed E-state index contributed by atoms with van der Waals surface area (Å²) in [6.07, 6.45) is 0. The van der Waals surface area contributed by atoms with Gasteiger partial charge in [-0.3, -0.25) is 29.4 Å². The van der Waals surface area contributed by atoms with Gasteiger partial charge in [-0.15, -0.1) is 0 Å². The molecule has 1 aliphatic heterocycles. The van der Waals surface area contributed by atoms with Crippen LogP contribution in [-0.4, -0.2) is 50.3 Å². The summed E-state index contributed by atoms with van der Waals surface area (Å²) in [7, 11) is 0. The molecule has 1 aliphatic rings. The number of rotatable bonds is 5. The number of carboxylic acids is 1. The lowest BCUT2D eigenvalue weighted by atomic mass is 10.1. The molecule has 1 heterocycles. The van der Waals surface area contributed by atoms with Crippen LogP contribution in [0.5, 0.6) is 5.75 Å². The standard InChI is InChI=1S/C17H11N3O8/c21-12-6-8(17(25)26)4-5-10(12)18-13(22)7-19-15(23)9-2-1-3-11(20(27)28)14(9)16(19)24/h1-6,21H,7H2,(H,18,22)(H,25,26). The molecule has 2 aromatic rings. The number of carbonyl (C=O) groups is 4. The molecule has 3 rings (SSSR count). The number of aromatic carboxylic acids is 1. The Kier molecular flexibility index (Phi) is 4.49. The Morgan fingerprint density at radius 2 is 1.86 bits per heavy atom. The Hall–Kier alpha value is -4.28. The van der Waals surface area contributed by atoms with Gasteiger partial charge in [-0.2, -0.15) is 0 Å². The number of amides is 3. The number of fused-ring (bicyclic) bond motifs is 1. The van der Waals surface area contributed by atoms with Crippen LogP contribution in [0, 0.1) is 10.1 Å². The maximum atomic E-state index is 12.4. The predicted octanol–water partition coefficient (Wildman–Crippen LogP) is 1.23. The highest BCUT2D eigenvalue weighted by atomic mass is 16.6. The van der Waals surface area contributed by atoms with E-state index in [1.165, 1.54) is 12.1 Å². The van der Waals surface area contributed by atoms with Crippen molar-refractivity contribution in [3.05, 3.63) is 63.2 Å². The van der Waals surface area contributed by atoms with Gasteiger partial charge in [0.2, 0.25) is 5.91 Å². The number of phenolic OH excluding ortho intramolecular Hbond substituents is 1. The summed E-state index contributed by atoms with van der Waals surface area (Å²) in [5.41, 5.74) is -1.44. The average molecular weight is 385 g/mol. The Bertz CT molecular complexity index is 1060. The molecule has 0 spiro atoms. The number of carbonyl (C=O) groups excluding carboxylic acids is 3. The Labute approximate surface area is 156 Å². The molecule has 0 aliphatic carbocycles. The lowest BCUT2D eigenvalue weighted by Crippen LogP contribution is -2.37. The number of nitrogens with zero attached hydrogens (tertiary/aromatic N) is 2. The van der Waals surface area contributed by atoms with Crippen molar-refractivity contribution >= 4 is 35.1 Å². The van der Waals surface area contributed by atoms with Crippen LogP contribution in [0.1, 0.15) is 31.1 Å². The van der Waals surface area contributed by atoms with Gasteiger partial charge in [0.25, 0.3) is 17.5 Å². The van der Waals surface area contributed by atoms with Gasteiger partial charge in [0.1, 0.15) is 17.9 Å². The van der Waals surface area contributed by atoms with Gasteiger partial charge >= 0.3 is 5.97 Å².